The number of benzene rings is 1. The molecule has 160 valence electrons. The van der Waals surface area contributed by atoms with Crippen molar-refractivity contribution in [1.82, 2.24) is 26.1 Å². The average molecular weight is 410 g/mol. The summed E-state index contributed by atoms with van der Waals surface area (Å²) in [6.45, 7) is 5.92. The molecule has 2 fully saturated rings. The van der Waals surface area contributed by atoms with Crippen molar-refractivity contribution < 1.29 is 9.53 Å². The third-order valence-corrected chi connectivity index (χ3v) is 5.81. The number of nitrogens with one attached hydrogen (secondary N) is 3. The van der Waals surface area contributed by atoms with Gasteiger partial charge in [-0.15, -0.1) is 0 Å². The Balaban J connectivity index is 1.20. The molecule has 1 aromatic heterocycles. The van der Waals surface area contributed by atoms with Crippen molar-refractivity contribution >= 4 is 5.91 Å². The van der Waals surface area contributed by atoms with Gasteiger partial charge in [0.1, 0.15) is 11.9 Å². The van der Waals surface area contributed by atoms with Crippen molar-refractivity contribution in [2.45, 2.75) is 50.9 Å². The molecule has 3 heterocycles. The van der Waals surface area contributed by atoms with Gasteiger partial charge in [-0.25, -0.2) is 0 Å². The van der Waals surface area contributed by atoms with Crippen LogP contribution >= 0.6 is 0 Å². The Labute approximate surface area is 178 Å². The first kappa shape index (κ1) is 20.8. The molecular weight excluding hydrogens is 378 g/mol. The first-order valence-electron chi connectivity index (χ1n) is 10.8. The second-order valence-corrected chi connectivity index (χ2v) is 8.30. The number of nitrogens with zero attached hydrogens (tertiary/aromatic N) is 2. The van der Waals surface area contributed by atoms with Crippen LogP contribution in [0.4, 0.5) is 0 Å². The molecule has 0 spiro atoms. The Hall–Kier alpha value is -2.48. The molecule has 3 N–H and O–H groups in total. The fourth-order valence-electron chi connectivity index (χ4n) is 4.11. The number of hydrogen-bond acceptors (Lipinski definition) is 6. The first-order chi connectivity index (χ1) is 14.7. The monoisotopic (exact) mass is 409 g/mol. The van der Waals surface area contributed by atoms with Crippen molar-refractivity contribution in [2.75, 3.05) is 19.6 Å². The summed E-state index contributed by atoms with van der Waals surface area (Å²) in [5.41, 5.74) is 8.34. The number of hydrogen-bond donors (Lipinski definition) is 3. The molecule has 0 bridgehead atoms. The summed E-state index contributed by atoms with van der Waals surface area (Å²) in [5, 5.41) is 2.93. The van der Waals surface area contributed by atoms with Gasteiger partial charge in [-0.2, -0.15) is 0 Å². The molecule has 2 unspecified atom stereocenters. The van der Waals surface area contributed by atoms with Crippen molar-refractivity contribution in [2.24, 2.45) is 0 Å². The molecule has 30 heavy (non-hydrogen) atoms. The second kappa shape index (κ2) is 10.0. The van der Waals surface area contributed by atoms with Gasteiger partial charge >= 0.3 is 0 Å². The fourth-order valence-corrected chi connectivity index (χ4v) is 4.11. The standard InChI is InChI=1S/C23H31N5O2/c1-17-14-20(27-26-17)16-28-12-8-22(9-13-28)30-21-4-2-19(3-5-21)23(29)25-15-18-6-10-24-11-7-18/h2-7,10-11,17,20,22,26-27H,8-9,12-16H2,1H3,(H,25,29). The van der Waals surface area contributed by atoms with E-state index >= 15 is 0 Å². The van der Waals surface area contributed by atoms with Crippen molar-refractivity contribution in [3.63, 3.8) is 0 Å². The highest BCUT2D eigenvalue weighted by atomic mass is 16.5. The number of likely N-dealkylation sites (tertiary alicyclic amines) is 1. The van der Waals surface area contributed by atoms with E-state index in [1.54, 1.807) is 12.4 Å². The summed E-state index contributed by atoms with van der Waals surface area (Å²) < 4.78 is 6.16. The van der Waals surface area contributed by atoms with Crippen LogP contribution in [0.2, 0.25) is 0 Å². The molecular formula is C23H31N5O2. The lowest BCUT2D eigenvalue weighted by Gasteiger charge is -2.33. The number of pyridine rings is 1. The van der Waals surface area contributed by atoms with E-state index in [1.807, 2.05) is 36.4 Å². The molecule has 2 aliphatic rings. The maximum atomic E-state index is 12.3. The molecule has 7 heteroatoms. The van der Waals surface area contributed by atoms with Gasteiger partial charge < -0.3 is 15.0 Å². The quantitative estimate of drug-likeness (QED) is 0.650. The summed E-state index contributed by atoms with van der Waals surface area (Å²) in [6.07, 6.45) is 6.93. The van der Waals surface area contributed by atoms with E-state index in [2.05, 4.69) is 33.0 Å². The van der Waals surface area contributed by atoms with Gasteiger partial charge in [-0.3, -0.25) is 20.6 Å². The number of carbonyl (C=O) groups is 1. The van der Waals surface area contributed by atoms with Crippen molar-refractivity contribution in [3.8, 4) is 5.75 Å². The minimum absolute atomic E-state index is 0.0870. The highest BCUT2D eigenvalue weighted by Gasteiger charge is 2.26. The molecule has 0 radical (unpaired) electrons. The lowest BCUT2D eigenvalue weighted by Crippen LogP contribution is -2.45. The van der Waals surface area contributed by atoms with Gasteiger partial charge in [-0.05, 0) is 68.1 Å². The van der Waals surface area contributed by atoms with Crippen molar-refractivity contribution in [1.29, 1.82) is 0 Å². The maximum absolute atomic E-state index is 12.3. The van der Waals surface area contributed by atoms with Gasteiger partial charge in [0.2, 0.25) is 0 Å². The summed E-state index contributed by atoms with van der Waals surface area (Å²) in [5.74, 6) is 0.741. The number of ether oxygens (including phenoxy) is 1. The summed E-state index contributed by atoms with van der Waals surface area (Å²) in [7, 11) is 0. The van der Waals surface area contributed by atoms with Gasteiger partial charge in [0.05, 0.1) is 0 Å². The number of hydrazine groups is 1. The number of rotatable bonds is 7. The molecule has 1 amide bonds. The largest absolute Gasteiger partial charge is 0.490 e. The molecule has 0 saturated carbocycles. The molecule has 2 saturated heterocycles. The maximum Gasteiger partial charge on any atom is 0.251 e. The minimum atomic E-state index is -0.0870. The molecule has 1 aromatic carbocycles. The number of amides is 1. The zero-order valence-electron chi connectivity index (χ0n) is 17.5. The summed E-state index contributed by atoms with van der Waals surface area (Å²) >= 11 is 0. The van der Waals surface area contributed by atoms with Crippen LogP contribution in [0.15, 0.2) is 48.8 Å². The number of piperidine rings is 1. The molecule has 4 rings (SSSR count). The molecule has 2 atom stereocenters. The highest BCUT2D eigenvalue weighted by molar-refractivity contribution is 5.94. The zero-order valence-corrected chi connectivity index (χ0v) is 17.5. The van der Waals surface area contributed by atoms with Gasteiger partial charge in [0.25, 0.3) is 5.91 Å². The molecule has 7 nitrogen and oxygen atoms in total. The van der Waals surface area contributed by atoms with Crippen LogP contribution in [0.5, 0.6) is 5.75 Å². The van der Waals surface area contributed by atoms with Crippen LogP contribution in [0, 0.1) is 0 Å². The van der Waals surface area contributed by atoms with E-state index < -0.39 is 0 Å². The third-order valence-electron chi connectivity index (χ3n) is 5.81. The van der Waals surface area contributed by atoms with Crippen molar-refractivity contribution in [3.05, 3.63) is 59.9 Å². The van der Waals surface area contributed by atoms with E-state index in [1.165, 1.54) is 6.42 Å². The smallest absolute Gasteiger partial charge is 0.251 e. The zero-order chi connectivity index (χ0) is 20.8. The lowest BCUT2D eigenvalue weighted by molar-refractivity contribution is 0.0945. The number of carbonyl (C=O) groups excluding carboxylic acids is 1. The predicted octanol–water partition coefficient (Wildman–Crippen LogP) is 2.11. The average Bonchev–Trinajstić information content (AvgIpc) is 3.19. The summed E-state index contributed by atoms with van der Waals surface area (Å²) in [4.78, 5) is 18.8. The Morgan fingerprint density at radius 1 is 1.13 bits per heavy atom. The second-order valence-electron chi connectivity index (χ2n) is 8.30. The molecule has 2 aromatic rings. The minimum Gasteiger partial charge on any atom is -0.490 e. The lowest BCUT2D eigenvalue weighted by atomic mass is 10.1. The van der Waals surface area contributed by atoms with E-state index in [0.717, 1.165) is 43.8 Å². The fraction of sp³-hybridized carbons (Fsp3) is 0.478. The van der Waals surface area contributed by atoms with Crippen LogP contribution in [-0.2, 0) is 6.54 Å². The highest BCUT2D eigenvalue weighted by Crippen LogP contribution is 2.20. The van der Waals surface area contributed by atoms with E-state index in [0.29, 0.717) is 24.2 Å². The Bertz CT molecular complexity index is 806. The summed E-state index contributed by atoms with van der Waals surface area (Å²) in [6, 6.07) is 12.3. The van der Waals surface area contributed by atoms with Crippen LogP contribution in [-0.4, -0.2) is 53.6 Å². The van der Waals surface area contributed by atoms with Crippen LogP contribution in [0.25, 0.3) is 0 Å². The predicted molar refractivity (Wildman–Crippen MR) is 116 cm³/mol. The Morgan fingerprint density at radius 2 is 1.87 bits per heavy atom. The van der Waals surface area contributed by atoms with Crippen LogP contribution < -0.4 is 20.9 Å². The third kappa shape index (κ3) is 5.78. The Kier molecular flexibility index (Phi) is 6.94. The topological polar surface area (TPSA) is 78.5 Å². The number of aromatic nitrogens is 1. The van der Waals surface area contributed by atoms with Gasteiger partial charge in [0.15, 0.2) is 0 Å². The van der Waals surface area contributed by atoms with E-state index in [4.69, 9.17) is 4.74 Å². The Morgan fingerprint density at radius 3 is 2.53 bits per heavy atom. The molecule has 0 aliphatic carbocycles. The van der Waals surface area contributed by atoms with E-state index in [9.17, 15) is 4.79 Å². The first-order valence-corrected chi connectivity index (χ1v) is 10.8. The van der Waals surface area contributed by atoms with Gasteiger partial charge in [-0.1, -0.05) is 0 Å². The van der Waals surface area contributed by atoms with E-state index in [-0.39, 0.29) is 12.0 Å². The SMILES string of the molecule is CC1CC(CN2CCC(Oc3ccc(C(=O)NCc4ccncc4)cc3)CC2)NN1. The van der Waals surface area contributed by atoms with Crippen LogP contribution in [0.3, 0.4) is 0 Å². The molecule has 2 aliphatic heterocycles. The van der Waals surface area contributed by atoms with Crippen LogP contribution in [0.1, 0.15) is 42.1 Å². The normalized spacial score (nSPS) is 22.7. The van der Waals surface area contributed by atoms with Gasteiger partial charge in [0, 0.05) is 56.2 Å².